The van der Waals surface area contributed by atoms with Crippen LogP contribution in [0.2, 0.25) is 0 Å². The molecule has 0 aromatic heterocycles. The molecule has 2 rings (SSSR count). The van der Waals surface area contributed by atoms with E-state index in [9.17, 15) is 9.59 Å². The highest BCUT2D eigenvalue weighted by atomic mass is 16.5. The van der Waals surface area contributed by atoms with Gasteiger partial charge >= 0.3 is 5.97 Å². The third-order valence-electron chi connectivity index (χ3n) is 2.99. The Balaban J connectivity index is 1.90. The van der Waals surface area contributed by atoms with Crippen LogP contribution in [0.15, 0.2) is 30.3 Å². The Morgan fingerprint density at radius 2 is 2.05 bits per heavy atom. The first-order valence-corrected chi connectivity index (χ1v) is 6.40. The van der Waals surface area contributed by atoms with Crippen molar-refractivity contribution in [2.75, 3.05) is 19.7 Å². The van der Waals surface area contributed by atoms with Gasteiger partial charge < -0.3 is 19.5 Å². The van der Waals surface area contributed by atoms with Gasteiger partial charge in [-0.25, -0.2) is 4.79 Å². The third-order valence-corrected chi connectivity index (χ3v) is 2.99. The van der Waals surface area contributed by atoms with Crippen molar-refractivity contribution in [3.8, 4) is 5.75 Å². The minimum Gasteiger partial charge on any atom is -0.484 e. The van der Waals surface area contributed by atoms with Crippen molar-refractivity contribution in [1.29, 1.82) is 0 Å². The van der Waals surface area contributed by atoms with Crippen LogP contribution >= 0.6 is 0 Å². The first kappa shape index (κ1) is 14.3. The van der Waals surface area contributed by atoms with Gasteiger partial charge in [0.15, 0.2) is 12.7 Å². The molecule has 20 heavy (non-hydrogen) atoms. The van der Waals surface area contributed by atoms with Crippen LogP contribution in [-0.2, 0) is 14.3 Å². The highest BCUT2D eigenvalue weighted by Crippen LogP contribution is 2.13. The number of amides is 1. The number of carboxylic acid groups (broad SMARTS) is 1. The summed E-state index contributed by atoms with van der Waals surface area (Å²) in [6.07, 6.45) is -1.27. The van der Waals surface area contributed by atoms with Gasteiger partial charge in [-0.3, -0.25) is 4.79 Å². The van der Waals surface area contributed by atoms with E-state index in [0.717, 1.165) is 0 Å². The van der Waals surface area contributed by atoms with Crippen LogP contribution in [0.4, 0.5) is 0 Å². The summed E-state index contributed by atoms with van der Waals surface area (Å²) >= 11 is 0. The lowest BCUT2D eigenvalue weighted by Crippen LogP contribution is -2.52. The second kappa shape index (κ2) is 6.38. The van der Waals surface area contributed by atoms with Gasteiger partial charge in [0.25, 0.3) is 5.91 Å². The van der Waals surface area contributed by atoms with Gasteiger partial charge in [0.1, 0.15) is 5.75 Å². The fourth-order valence-corrected chi connectivity index (χ4v) is 2.04. The van der Waals surface area contributed by atoms with Crippen LogP contribution in [0.25, 0.3) is 0 Å². The van der Waals surface area contributed by atoms with Crippen molar-refractivity contribution in [3.63, 3.8) is 0 Å². The third kappa shape index (κ3) is 3.71. The molecule has 0 spiro atoms. The fourth-order valence-electron chi connectivity index (χ4n) is 2.04. The molecule has 1 aromatic carbocycles. The van der Waals surface area contributed by atoms with Crippen molar-refractivity contribution < 1.29 is 24.2 Å². The molecular weight excluding hydrogens is 262 g/mol. The zero-order valence-electron chi connectivity index (χ0n) is 11.2. The Bertz CT molecular complexity index is 476. The van der Waals surface area contributed by atoms with Gasteiger partial charge in [-0.2, -0.15) is 0 Å². The number of benzene rings is 1. The molecule has 1 unspecified atom stereocenters. The van der Waals surface area contributed by atoms with Crippen LogP contribution in [0, 0.1) is 0 Å². The molecule has 6 heteroatoms. The van der Waals surface area contributed by atoms with E-state index in [1.54, 1.807) is 19.1 Å². The predicted molar refractivity (Wildman–Crippen MR) is 70.5 cm³/mol. The summed E-state index contributed by atoms with van der Waals surface area (Å²) in [5.41, 5.74) is 0. The van der Waals surface area contributed by atoms with Gasteiger partial charge in [0, 0.05) is 6.54 Å². The average Bonchev–Trinajstić information content (AvgIpc) is 2.45. The smallest absolute Gasteiger partial charge is 0.334 e. The minimum atomic E-state index is -1.06. The van der Waals surface area contributed by atoms with Crippen molar-refractivity contribution in [1.82, 2.24) is 4.90 Å². The summed E-state index contributed by atoms with van der Waals surface area (Å²) in [4.78, 5) is 24.5. The molecule has 1 amide bonds. The summed E-state index contributed by atoms with van der Waals surface area (Å²) in [6.45, 7) is 2.06. The molecule has 1 aromatic rings. The molecule has 6 nitrogen and oxygen atoms in total. The number of hydrogen-bond donors (Lipinski definition) is 1. The van der Waals surface area contributed by atoms with Gasteiger partial charge in [-0.1, -0.05) is 18.2 Å². The number of nitrogens with zero attached hydrogens (tertiary/aromatic N) is 1. The monoisotopic (exact) mass is 279 g/mol. The Kier molecular flexibility index (Phi) is 4.57. The highest BCUT2D eigenvalue weighted by molar-refractivity contribution is 5.79. The number of carbonyl (C=O) groups excluding carboxylic acids is 1. The predicted octanol–water partition coefficient (Wildman–Crippen LogP) is 0.766. The molecule has 0 saturated carbocycles. The molecule has 0 bridgehead atoms. The number of carbonyl (C=O) groups is 2. The van der Waals surface area contributed by atoms with Crippen molar-refractivity contribution in [2.24, 2.45) is 0 Å². The number of carboxylic acids is 1. The number of morpholine rings is 1. The first-order chi connectivity index (χ1) is 9.56. The average molecular weight is 279 g/mol. The zero-order valence-corrected chi connectivity index (χ0v) is 11.2. The second-order valence-electron chi connectivity index (χ2n) is 4.67. The fraction of sp³-hybridized carbons (Fsp3) is 0.429. The summed E-state index contributed by atoms with van der Waals surface area (Å²) < 4.78 is 10.6. The van der Waals surface area contributed by atoms with Crippen LogP contribution in [-0.4, -0.2) is 53.8 Å². The summed E-state index contributed by atoms with van der Waals surface area (Å²) in [6, 6.07) is 9.01. The van der Waals surface area contributed by atoms with E-state index in [1.165, 1.54) is 4.90 Å². The van der Waals surface area contributed by atoms with Crippen LogP contribution in [0.3, 0.4) is 0 Å². The Morgan fingerprint density at radius 3 is 2.70 bits per heavy atom. The Hall–Kier alpha value is -2.08. The van der Waals surface area contributed by atoms with Gasteiger partial charge in [-0.05, 0) is 19.1 Å². The molecule has 0 radical (unpaired) electrons. The normalized spacial score (nSPS) is 22.4. The van der Waals surface area contributed by atoms with E-state index >= 15 is 0 Å². The lowest BCUT2D eigenvalue weighted by molar-refractivity contribution is -0.167. The molecule has 108 valence electrons. The standard InChI is InChI=1S/C14H17NO5/c1-10-7-15(8-12(20-10)14(17)18)13(16)9-19-11-5-3-2-4-6-11/h2-6,10,12H,7-9H2,1H3,(H,17,18)/t10-,12?/m1/s1. The molecule has 1 fully saturated rings. The van der Waals surface area contributed by atoms with Gasteiger partial charge in [0.05, 0.1) is 12.6 Å². The lowest BCUT2D eigenvalue weighted by atomic mass is 10.2. The van der Waals surface area contributed by atoms with E-state index in [4.69, 9.17) is 14.6 Å². The van der Waals surface area contributed by atoms with Crippen molar-refractivity contribution in [2.45, 2.75) is 19.1 Å². The Morgan fingerprint density at radius 1 is 1.35 bits per heavy atom. The van der Waals surface area contributed by atoms with Crippen molar-refractivity contribution in [3.05, 3.63) is 30.3 Å². The quantitative estimate of drug-likeness (QED) is 0.881. The topological polar surface area (TPSA) is 76.1 Å². The number of aliphatic carboxylic acids is 1. The maximum atomic E-state index is 12.0. The molecule has 0 aliphatic carbocycles. The molecule has 1 N–H and O–H groups in total. The molecule has 1 aliphatic rings. The maximum Gasteiger partial charge on any atom is 0.334 e. The number of ether oxygens (including phenoxy) is 2. The van der Waals surface area contributed by atoms with E-state index in [1.807, 2.05) is 18.2 Å². The first-order valence-electron chi connectivity index (χ1n) is 6.40. The van der Waals surface area contributed by atoms with Crippen molar-refractivity contribution >= 4 is 11.9 Å². The minimum absolute atomic E-state index is 0.0522. The molecule has 2 atom stereocenters. The maximum absolute atomic E-state index is 12.0. The van der Waals surface area contributed by atoms with E-state index in [0.29, 0.717) is 12.3 Å². The van der Waals surface area contributed by atoms with Gasteiger partial charge in [0.2, 0.25) is 0 Å². The molecule has 1 aliphatic heterocycles. The molecular formula is C14H17NO5. The highest BCUT2D eigenvalue weighted by Gasteiger charge is 2.32. The van der Waals surface area contributed by atoms with E-state index < -0.39 is 12.1 Å². The van der Waals surface area contributed by atoms with E-state index in [2.05, 4.69) is 0 Å². The number of hydrogen-bond acceptors (Lipinski definition) is 4. The van der Waals surface area contributed by atoms with E-state index in [-0.39, 0.29) is 25.2 Å². The zero-order chi connectivity index (χ0) is 14.5. The van der Waals surface area contributed by atoms with Crippen LogP contribution in [0.1, 0.15) is 6.92 Å². The second-order valence-corrected chi connectivity index (χ2v) is 4.67. The van der Waals surface area contributed by atoms with Crippen LogP contribution < -0.4 is 4.74 Å². The van der Waals surface area contributed by atoms with Crippen LogP contribution in [0.5, 0.6) is 5.75 Å². The largest absolute Gasteiger partial charge is 0.484 e. The summed E-state index contributed by atoms with van der Waals surface area (Å²) in [5.74, 6) is -0.689. The van der Waals surface area contributed by atoms with Gasteiger partial charge in [-0.15, -0.1) is 0 Å². The molecule has 1 heterocycles. The summed E-state index contributed by atoms with van der Waals surface area (Å²) in [5, 5.41) is 8.97. The number of para-hydroxylation sites is 1. The lowest BCUT2D eigenvalue weighted by Gasteiger charge is -2.34. The summed E-state index contributed by atoms with van der Waals surface area (Å²) in [7, 11) is 0. The SMILES string of the molecule is C[C@@H]1CN(C(=O)COc2ccccc2)CC(C(=O)O)O1. The molecule has 1 saturated heterocycles. The number of rotatable bonds is 4. The Labute approximate surface area is 116 Å².